The summed E-state index contributed by atoms with van der Waals surface area (Å²) in [6.07, 6.45) is 5.35. The second-order valence-corrected chi connectivity index (χ2v) is 2.94. The molecule has 1 aliphatic rings. The summed E-state index contributed by atoms with van der Waals surface area (Å²) in [6, 6.07) is 0. The highest BCUT2D eigenvalue weighted by atomic mass is 16.3. The van der Waals surface area contributed by atoms with Gasteiger partial charge in [-0.25, -0.2) is 0 Å². The van der Waals surface area contributed by atoms with Crippen LogP contribution >= 0.6 is 0 Å². The smallest absolute Gasteiger partial charge is 0.102 e. The summed E-state index contributed by atoms with van der Waals surface area (Å²) in [5.74, 6) is 0. The molecule has 4 heteroatoms. The van der Waals surface area contributed by atoms with Crippen molar-refractivity contribution in [2.24, 2.45) is 10.7 Å². The number of nitrogens with two attached hydrogens (primary N) is 1. The van der Waals surface area contributed by atoms with Crippen LogP contribution in [0.2, 0.25) is 0 Å². The van der Waals surface area contributed by atoms with Crippen molar-refractivity contribution in [3.05, 3.63) is 23.4 Å². The van der Waals surface area contributed by atoms with E-state index in [1.807, 2.05) is 46.9 Å². The van der Waals surface area contributed by atoms with Crippen LogP contribution < -0.4 is 11.1 Å². The Balaban J connectivity index is 0. The highest BCUT2D eigenvalue weighted by molar-refractivity contribution is 5.81. The zero-order valence-corrected chi connectivity index (χ0v) is 11.7. The van der Waals surface area contributed by atoms with Gasteiger partial charge in [-0.3, -0.25) is 4.99 Å². The summed E-state index contributed by atoms with van der Waals surface area (Å²) in [7, 11) is 0. The first kappa shape index (κ1) is 18.2. The van der Waals surface area contributed by atoms with Crippen LogP contribution in [0.3, 0.4) is 0 Å². The van der Waals surface area contributed by atoms with Gasteiger partial charge >= 0.3 is 0 Å². The van der Waals surface area contributed by atoms with E-state index in [1.165, 1.54) is 0 Å². The minimum absolute atomic E-state index is 0.0707. The third-order valence-corrected chi connectivity index (χ3v) is 1.71. The lowest BCUT2D eigenvalue weighted by molar-refractivity contribution is 0.307. The number of allylic oxidation sites excluding steroid dienone is 2. The van der Waals surface area contributed by atoms with Crippen molar-refractivity contribution in [2.75, 3.05) is 13.2 Å². The van der Waals surface area contributed by atoms with Crippen LogP contribution in [0.4, 0.5) is 0 Å². The van der Waals surface area contributed by atoms with Crippen molar-refractivity contribution >= 4 is 6.21 Å². The summed E-state index contributed by atoms with van der Waals surface area (Å²) in [6.45, 7) is 10.5. The molecule has 0 aromatic heterocycles. The maximum absolute atomic E-state index is 8.52. The topological polar surface area (TPSA) is 70.6 Å². The quantitative estimate of drug-likeness (QED) is 0.660. The molecule has 0 aromatic carbocycles. The van der Waals surface area contributed by atoms with Gasteiger partial charge < -0.3 is 16.2 Å². The van der Waals surface area contributed by atoms with E-state index in [4.69, 9.17) is 10.8 Å². The predicted molar refractivity (Wildman–Crippen MR) is 76.1 cm³/mol. The Kier molecular flexibility index (Phi) is 13.9. The lowest BCUT2D eigenvalue weighted by Crippen LogP contribution is -2.38. The number of hydrogen-bond donors (Lipinski definition) is 3. The fourth-order valence-electron chi connectivity index (χ4n) is 1.06. The van der Waals surface area contributed by atoms with E-state index >= 15 is 0 Å². The third kappa shape index (κ3) is 8.65. The Morgan fingerprint density at radius 1 is 1.41 bits per heavy atom. The fraction of sp³-hybridized carbons (Fsp3) is 0.615. The highest BCUT2D eigenvalue weighted by Crippen LogP contribution is 2.06. The summed E-state index contributed by atoms with van der Waals surface area (Å²) in [5.41, 5.74) is 7.80. The summed E-state index contributed by atoms with van der Waals surface area (Å²) < 4.78 is 0. The Morgan fingerprint density at radius 2 is 2.00 bits per heavy atom. The molecule has 4 N–H and O–H groups in total. The largest absolute Gasteiger partial charge is 0.394 e. The Labute approximate surface area is 105 Å². The van der Waals surface area contributed by atoms with Crippen LogP contribution in [-0.4, -0.2) is 30.6 Å². The second-order valence-electron chi connectivity index (χ2n) is 2.94. The van der Waals surface area contributed by atoms with Gasteiger partial charge in [0.15, 0.2) is 0 Å². The number of nitrogens with zero attached hydrogens (tertiary/aromatic N) is 1. The standard InChI is InChI=1S/C9H15N3O.2C2H6/c1-7-4-8(6-11-2-3-13)9(10)12-5-7;2*1-2/h4-6,9,12-13H,2-3,10H2,1H3;2*1-2H3. The molecule has 0 saturated carbocycles. The highest BCUT2D eigenvalue weighted by Gasteiger charge is 2.08. The van der Waals surface area contributed by atoms with Crippen LogP contribution in [-0.2, 0) is 0 Å². The molecule has 0 bridgehead atoms. The van der Waals surface area contributed by atoms with E-state index in [1.54, 1.807) is 6.21 Å². The van der Waals surface area contributed by atoms with Crippen LogP contribution in [0.15, 0.2) is 28.4 Å². The molecule has 1 rings (SSSR count). The molecule has 4 nitrogen and oxygen atoms in total. The van der Waals surface area contributed by atoms with Gasteiger partial charge in [0.1, 0.15) is 6.17 Å². The molecular formula is C13H27N3O. The SMILES string of the molecule is CC.CC.CC1=CNC(N)C(C=NCCO)=C1. The number of aliphatic hydroxyl groups excluding tert-OH is 1. The van der Waals surface area contributed by atoms with Crippen LogP contribution in [0.1, 0.15) is 34.6 Å². The first-order chi connectivity index (χ1) is 8.24. The molecule has 0 fully saturated rings. The number of nitrogens with one attached hydrogen (secondary N) is 1. The van der Waals surface area contributed by atoms with E-state index in [9.17, 15) is 0 Å². The average molecular weight is 241 g/mol. The number of dihydropyridines is 1. The molecule has 1 unspecified atom stereocenters. The van der Waals surface area contributed by atoms with Crippen molar-refractivity contribution in [1.82, 2.24) is 5.32 Å². The molecule has 0 amide bonds. The van der Waals surface area contributed by atoms with Crippen molar-refractivity contribution in [1.29, 1.82) is 0 Å². The van der Waals surface area contributed by atoms with Gasteiger partial charge in [-0.05, 0) is 18.6 Å². The van der Waals surface area contributed by atoms with Gasteiger partial charge in [0.25, 0.3) is 0 Å². The van der Waals surface area contributed by atoms with Crippen molar-refractivity contribution in [2.45, 2.75) is 40.8 Å². The normalized spacial score (nSPS) is 17.9. The molecule has 1 aliphatic heterocycles. The second kappa shape index (κ2) is 12.9. The zero-order chi connectivity index (χ0) is 13.7. The molecule has 0 spiro atoms. The maximum atomic E-state index is 8.52. The van der Waals surface area contributed by atoms with E-state index in [2.05, 4.69) is 10.3 Å². The lowest BCUT2D eigenvalue weighted by atomic mass is 10.1. The first-order valence-corrected chi connectivity index (χ1v) is 6.24. The molecule has 0 aromatic rings. The minimum atomic E-state index is -0.189. The van der Waals surface area contributed by atoms with Gasteiger partial charge in [0.2, 0.25) is 0 Å². The van der Waals surface area contributed by atoms with Gasteiger partial charge in [0.05, 0.1) is 13.2 Å². The van der Waals surface area contributed by atoms with Gasteiger partial charge in [-0.1, -0.05) is 27.7 Å². The van der Waals surface area contributed by atoms with Crippen molar-refractivity contribution in [3.8, 4) is 0 Å². The molecule has 0 aliphatic carbocycles. The lowest BCUT2D eigenvalue weighted by Gasteiger charge is -2.17. The number of hydrogen-bond acceptors (Lipinski definition) is 4. The Bertz CT molecular complexity index is 257. The maximum Gasteiger partial charge on any atom is 0.102 e. The van der Waals surface area contributed by atoms with Crippen LogP contribution in [0, 0.1) is 0 Å². The zero-order valence-electron chi connectivity index (χ0n) is 11.7. The average Bonchev–Trinajstić information content (AvgIpc) is 2.39. The summed E-state index contributed by atoms with van der Waals surface area (Å²) in [4.78, 5) is 4.01. The Hall–Kier alpha value is -1.13. The van der Waals surface area contributed by atoms with Gasteiger partial charge in [-0.15, -0.1) is 0 Å². The molecule has 17 heavy (non-hydrogen) atoms. The first-order valence-electron chi connectivity index (χ1n) is 6.24. The number of aliphatic hydroxyl groups is 1. The Morgan fingerprint density at radius 3 is 2.53 bits per heavy atom. The molecule has 1 atom stereocenters. The summed E-state index contributed by atoms with van der Waals surface area (Å²) in [5, 5.41) is 11.5. The molecule has 100 valence electrons. The molecule has 1 heterocycles. The molecule has 0 saturated heterocycles. The van der Waals surface area contributed by atoms with E-state index in [0.717, 1.165) is 11.1 Å². The molecular weight excluding hydrogens is 214 g/mol. The monoisotopic (exact) mass is 241 g/mol. The fourth-order valence-corrected chi connectivity index (χ4v) is 1.06. The van der Waals surface area contributed by atoms with Crippen LogP contribution in [0.25, 0.3) is 0 Å². The third-order valence-electron chi connectivity index (χ3n) is 1.71. The number of aliphatic imine (C=N–C) groups is 1. The van der Waals surface area contributed by atoms with Gasteiger partial charge in [0, 0.05) is 18.0 Å². The van der Waals surface area contributed by atoms with E-state index in [-0.39, 0.29) is 12.8 Å². The predicted octanol–water partition coefficient (Wildman–Crippen LogP) is 1.82. The van der Waals surface area contributed by atoms with E-state index < -0.39 is 0 Å². The van der Waals surface area contributed by atoms with Crippen LogP contribution in [0.5, 0.6) is 0 Å². The van der Waals surface area contributed by atoms with Gasteiger partial charge in [-0.2, -0.15) is 0 Å². The minimum Gasteiger partial charge on any atom is -0.394 e. The summed E-state index contributed by atoms with van der Waals surface area (Å²) >= 11 is 0. The van der Waals surface area contributed by atoms with Crippen molar-refractivity contribution < 1.29 is 5.11 Å². The van der Waals surface area contributed by atoms with Crippen molar-refractivity contribution in [3.63, 3.8) is 0 Å². The number of rotatable bonds is 3. The van der Waals surface area contributed by atoms with E-state index in [0.29, 0.717) is 6.54 Å². The molecule has 0 radical (unpaired) electrons.